The van der Waals surface area contributed by atoms with Gasteiger partial charge in [-0.3, -0.25) is 0 Å². The number of methoxy groups -OCH3 is 1. The van der Waals surface area contributed by atoms with Gasteiger partial charge in [0.05, 0.1) is 0 Å². The van der Waals surface area contributed by atoms with E-state index in [-0.39, 0.29) is 11.7 Å². The van der Waals surface area contributed by atoms with Crippen molar-refractivity contribution in [1.29, 1.82) is 0 Å². The summed E-state index contributed by atoms with van der Waals surface area (Å²) in [6.45, 7) is 0.980. The Morgan fingerprint density at radius 1 is 1.39 bits per heavy atom. The van der Waals surface area contributed by atoms with E-state index in [4.69, 9.17) is 4.74 Å². The third-order valence-electron chi connectivity index (χ3n) is 3.16. The fourth-order valence-corrected chi connectivity index (χ4v) is 4.43. The van der Waals surface area contributed by atoms with Gasteiger partial charge < -0.3 is 0 Å². The predicted molar refractivity (Wildman–Crippen MR) is 97.2 cm³/mol. The van der Waals surface area contributed by atoms with Crippen LogP contribution >= 0.6 is 22.6 Å². The van der Waals surface area contributed by atoms with E-state index in [2.05, 4.69) is 27.6 Å². The van der Waals surface area contributed by atoms with Crippen LogP contribution in [-0.2, 0) is 4.74 Å². The van der Waals surface area contributed by atoms with Crippen LogP contribution in [-0.4, -0.2) is 58.9 Å². The van der Waals surface area contributed by atoms with Gasteiger partial charge in [0, 0.05) is 0 Å². The summed E-state index contributed by atoms with van der Waals surface area (Å²) in [5, 5.41) is 0. The molecule has 4 nitrogen and oxygen atoms in total. The van der Waals surface area contributed by atoms with E-state index in [0.717, 1.165) is 7.92 Å². The van der Waals surface area contributed by atoms with E-state index in [0.29, 0.717) is 23.1 Å². The van der Waals surface area contributed by atoms with Crippen molar-refractivity contribution in [3.8, 4) is 0 Å². The Morgan fingerprint density at radius 3 is 2.87 bits per heavy atom. The summed E-state index contributed by atoms with van der Waals surface area (Å²) in [7, 11) is 3.33. The molecular weight excluding hydrogens is 473 g/mol. The maximum atomic E-state index is 14.1. The van der Waals surface area contributed by atoms with Gasteiger partial charge in [0.25, 0.3) is 0 Å². The maximum absolute atomic E-state index is 14.1. The Kier molecular flexibility index (Phi) is 6.99. The van der Waals surface area contributed by atoms with Crippen molar-refractivity contribution in [2.24, 2.45) is 0 Å². The van der Waals surface area contributed by atoms with Gasteiger partial charge in [-0.1, -0.05) is 0 Å². The summed E-state index contributed by atoms with van der Waals surface area (Å²) < 4.78 is 21.4. The van der Waals surface area contributed by atoms with Crippen molar-refractivity contribution in [3.05, 3.63) is 51.6 Å². The number of carbonyl (C=O) groups is 1. The standard InChI is InChI=1S/C16H16AsFIN2O2/c1-21(7-8-23-2)16(22)12-5-6-20-10-14(12)17-13-4-3-11(19)9-15(13)18/h3-6,9-10H,7-8H2,1-2H3. The average Bonchev–Trinajstić information content (AvgIpc) is 2.55. The fourth-order valence-electron chi connectivity index (χ4n) is 1.89. The summed E-state index contributed by atoms with van der Waals surface area (Å²) in [6.07, 6.45) is 3.25. The monoisotopic (exact) mass is 489 g/mol. The predicted octanol–water partition coefficient (Wildman–Crippen LogP) is 1.20. The molecule has 1 aromatic heterocycles. The van der Waals surface area contributed by atoms with E-state index < -0.39 is 15.8 Å². The summed E-state index contributed by atoms with van der Waals surface area (Å²) in [5.41, 5.74) is 0.580. The third-order valence-corrected chi connectivity index (χ3v) is 6.35. The molecule has 1 radical (unpaired) electrons. The molecule has 0 bridgehead atoms. The number of amides is 1. The Bertz CT molecular complexity index is 700. The van der Waals surface area contributed by atoms with Crippen LogP contribution < -0.4 is 8.70 Å². The van der Waals surface area contributed by atoms with Crippen molar-refractivity contribution in [1.82, 2.24) is 9.88 Å². The first-order valence-electron chi connectivity index (χ1n) is 6.88. The summed E-state index contributed by atoms with van der Waals surface area (Å²) in [5.74, 6) is -0.326. The molecule has 23 heavy (non-hydrogen) atoms. The summed E-state index contributed by atoms with van der Waals surface area (Å²) in [4.78, 5) is 18.3. The molecule has 1 amide bonds. The molecule has 2 aromatic rings. The van der Waals surface area contributed by atoms with Crippen molar-refractivity contribution in [2.45, 2.75) is 0 Å². The van der Waals surface area contributed by atoms with Crippen LogP contribution in [0.2, 0.25) is 0 Å². The van der Waals surface area contributed by atoms with Gasteiger partial charge in [0.15, 0.2) is 0 Å². The fraction of sp³-hybridized carbons (Fsp3) is 0.250. The van der Waals surface area contributed by atoms with Gasteiger partial charge >= 0.3 is 156 Å². The molecule has 0 saturated heterocycles. The number of aromatic nitrogens is 1. The molecule has 0 fully saturated rings. The number of halogens is 2. The number of hydrogen-bond donors (Lipinski definition) is 0. The molecule has 0 unspecified atom stereocenters. The van der Waals surface area contributed by atoms with Crippen LogP contribution in [0.5, 0.6) is 0 Å². The number of likely N-dealkylation sites (N-methyl/N-ethyl adjacent to an activating group) is 1. The Balaban J connectivity index is 2.25. The second kappa shape index (κ2) is 8.75. The van der Waals surface area contributed by atoms with Gasteiger partial charge in [-0.25, -0.2) is 0 Å². The first kappa shape index (κ1) is 18.4. The number of rotatable bonds is 6. The zero-order chi connectivity index (χ0) is 16.8. The van der Waals surface area contributed by atoms with Crippen LogP contribution in [0.15, 0.2) is 36.7 Å². The Labute approximate surface area is 155 Å². The Hall–Kier alpha value is -0.982. The number of ether oxygens (including phenoxy) is 1. The quantitative estimate of drug-likeness (QED) is 0.453. The molecule has 0 spiro atoms. The first-order chi connectivity index (χ1) is 11.0. The number of carbonyl (C=O) groups excluding carboxylic acids is 1. The third kappa shape index (κ3) is 4.99. The molecule has 0 aliphatic rings. The topological polar surface area (TPSA) is 42.4 Å². The zero-order valence-corrected chi connectivity index (χ0v) is 16.8. The second-order valence-corrected chi connectivity index (χ2v) is 8.56. The van der Waals surface area contributed by atoms with Crippen LogP contribution in [0.25, 0.3) is 0 Å². The first-order valence-corrected chi connectivity index (χ1v) is 9.83. The molecule has 0 aliphatic heterocycles. The molecule has 0 N–H and O–H groups in total. The van der Waals surface area contributed by atoms with Gasteiger partial charge in [0.1, 0.15) is 0 Å². The van der Waals surface area contributed by atoms with Crippen LogP contribution in [0, 0.1) is 9.39 Å². The molecular formula is C16H16AsFIN2O2. The van der Waals surface area contributed by atoms with Gasteiger partial charge in [0.2, 0.25) is 0 Å². The molecule has 7 heteroatoms. The minimum atomic E-state index is -0.650. The van der Waals surface area contributed by atoms with E-state index >= 15 is 0 Å². The van der Waals surface area contributed by atoms with E-state index in [1.807, 2.05) is 6.07 Å². The normalized spacial score (nSPS) is 11.1. The van der Waals surface area contributed by atoms with E-state index in [1.165, 1.54) is 6.07 Å². The molecule has 1 heterocycles. The molecule has 121 valence electrons. The average molecular weight is 489 g/mol. The molecule has 0 aliphatic carbocycles. The van der Waals surface area contributed by atoms with Gasteiger partial charge in [-0.2, -0.15) is 0 Å². The van der Waals surface area contributed by atoms with E-state index in [1.54, 1.807) is 43.6 Å². The number of nitrogens with zero attached hydrogens (tertiary/aromatic N) is 2. The minimum absolute atomic E-state index is 0.0966. The van der Waals surface area contributed by atoms with Crippen LogP contribution in [0.4, 0.5) is 4.39 Å². The Morgan fingerprint density at radius 2 is 2.17 bits per heavy atom. The van der Waals surface area contributed by atoms with Crippen LogP contribution in [0.1, 0.15) is 10.4 Å². The molecule has 2 rings (SSSR count). The summed E-state index contributed by atoms with van der Waals surface area (Å²) >= 11 is 1.43. The number of benzene rings is 1. The van der Waals surface area contributed by atoms with Crippen molar-refractivity contribution in [2.75, 3.05) is 27.3 Å². The molecule has 1 aromatic carbocycles. The SMILES string of the molecule is COCCN(C)C(=O)c1ccncc1[As]c1ccc(I)cc1F. The van der Waals surface area contributed by atoms with Crippen LogP contribution in [0.3, 0.4) is 0 Å². The number of pyridine rings is 1. The molecule has 0 saturated carbocycles. The van der Waals surface area contributed by atoms with Crippen molar-refractivity contribution < 1.29 is 13.9 Å². The second-order valence-electron chi connectivity index (χ2n) is 4.82. The van der Waals surface area contributed by atoms with Gasteiger partial charge in [-0.15, -0.1) is 0 Å². The number of hydrogen-bond acceptors (Lipinski definition) is 3. The van der Waals surface area contributed by atoms with Crippen molar-refractivity contribution in [3.63, 3.8) is 0 Å². The molecule has 0 atom stereocenters. The van der Waals surface area contributed by atoms with Gasteiger partial charge in [-0.05, 0) is 0 Å². The van der Waals surface area contributed by atoms with Crippen molar-refractivity contribution >= 4 is 53.0 Å². The zero-order valence-electron chi connectivity index (χ0n) is 12.8. The van der Waals surface area contributed by atoms with E-state index in [9.17, 15) is 9.18 Å². The summed E-state index contributed by atoms with van der Waals surface area (Å²) in [6, 6.07) is 6.86.